The zero-order valence-electron chi connectivity index (χ0n) is 9.57. The summed E-state index contributed by atoms with van der Waals surface area (Å²) in [5.41, 5.74) is -0.509. The van der Waals surface area contributed by atoms with Crippen LogP contribution < -0.4 is 4.74 Å². The Labute approximate surface area is 93.6 Å². The molecule has 2 aromatic rings. The van der Waals surface area contributed by atoms with E-state index in [2.05, 4.69) is 9.97 Å². The molecule has 84 valence electrons. The van der Waals surface area contributed by atoms with E-state index in [0.29, 0.717) is 5.88 Å². The third kappa shape index (κ3) is 1.91. The number of esters is 1. The Hall–Kier alpha value is -1.84. The number of fused-ring (bicyclic) bond motifs is 1. The van der Waals surface area contributed by atoms with Crippen LogP contribution in [-0.2, 0) is 4.79 Å². The molecule has 0 aromatic carbocycles. The van der Waals surface area contributed by atoms with Gasteiger partial charge < -0.3 is 9.72 Å². The molecule has 16 heavy (non-hydrogen) atoms. The van der Waals surface area contributed by atoms with Gasteiger partial charge in [-0.1, -0.05) is 0 Å². The number of hydrogen-bond acceptors (Lipinski definition) is 3. The number of H-pyrrole nitrogens is 1. The predicted octanol–water partition coefficient (Wildman–Crippen LogP) is 2.51. The molecule has 0 unspecified atom stereocenters. The van der Waals surface area contributed by atoms with Gasteiger partial charge in [0, 0.05) is 29.4 Å². The molecule has 2 aromatic heterocycles. The van der Waals surface area contributed by atoms with Crippen LogP contribution in [0.25, 0.3) is 10.8 Å². The SMILES string of the molecule is CC(C)(C)C(=O)Oc1[nH]cc2cnccc12. The van der Waals surface area contributed by atoms with Crippen LogP contribution in [0.4, 0.5) is 0 Å². The summed E-state index contributed by atoms with van der Waals surface area (Å²) in [6.45, 7) is 5.46. The van der Waals surface area contributed by atoms with E-state index >= 15 is 0 Å². The van der Waals surface area contributed by atoms with Crippen molar-refractivity contribution in [2.24, 2.45) is 5.41 Å². The van der Waals surface area contributed by atoms with Crippen LogP contribution in [0.1, 0.15) is 20.8 Å². The van der Waals surface area contributed by atoms with E-state index in [1.54, 1.807) is 18.6 Å². The number of aromatic amines is 1. The number of hydrogen-bond donors (Lipinski definition) is 1. The van der Waals surface area contributed by atoms with Crippen LogP contribution in [0.3, 0.4) is 0 Å². The monoisotopic (exact) mass is 218 g/mol. The zero-order chi connectivity index (χ0) is 11.8. The van der Waals surface area contributed by atoms with Crippen molar-refractivity contribution < 1.29 is 9.53 Å². The normalized spacial score (nSPS) is 11.7. The second kappa shape index (κ2) is 3.63. The molecule has 0 aliphatic carbocycles. The standard InChI is InChI=1S/C12H14N2O2/c1-12(2,3)11(15)16-10-9-4-5-13-6-8(9)7-14-10/h4-7,14H,1-3H3. The summed E-state index contributed by atoms with van der Waals surface area (Å²) in [5, 5.41) is 1.80. The van der Waals surface area contributed by atoms with Crippen molar-refractivity contribution in [3.63, 3.8) is 0 Å². The summed E-state index contributed by atoms with van der Waals surface area (Å²) in [7, 11) is 0. The van der Waals surface area contributed by atoms with Crippen molar-refractivity contribution in [2.75, 3.05) is 0 Å². The van der Waals surface area contributed by atoms with E-state index in [1.165, 1.54) is 0 Å². The van der Waals surface area contributed by atoms with Crippen LogP contribution in [0, 0.1) is 5.41 Å². The molecular weight excluding hydrogens is 204 g/mol. The first-order valence-corrected chi connectivity index (χ1v) is 5.12. The molecule has 4 heteroatoms. The van der Waals surface area contributed by atoms with E-state index in [0.717, 1.165) is 10.8 Å². The lowest BCUT2D eigenvalue weighted by Gasteiger charge is -2.15. The van der Waals surface area contributed by atoms with Crippen LogP contribution in [-0.4, -0.2) is 15.9 Å². The summed E-state index contributed by atoms with van der Waals surface area (Å²) >= 11 is 0. The van der Waals surface area contributed by atoms with Crippen molar-refractivity contribution in [1.29, 1.82) is 0 Å². The van der Waals surface area contributed by atoms with Crippen molar-refractivity contribution in [2.45, 2.75) is 20.8 Å². The number of pyridine rings is 1. The van der Waals surface area contributed by atoms with Gasteiger partial charge in [-0.2, -0.15) is 0 Å². The Kier molecular flexibility index (Phi) is 2.42. The second-order valence-corrected chi connectivity index (χ2v) is 4.72. The van der Waals surface area contributed by atoms with Crippen molar-refractivity contribution in [3.8, 4) is 5.88 Å². The highest BCUT2D eigenvalue weighted by Gasteiger charge is 2.24. The first-order chi connectivity index (χ1) is 7.48. The molecule has 0 bridgehead atoms. The van der Waals surface area contributed by atoms with Crippen LogP contribution in [0.15, 0.2) is 24.7 Å². The molecule has 0 amide bonds. The number of nitrogens with zero attached hydrogens (tertiary/aromatic N) is 1. The van der Waals surface area contributed by atoms with Gasteiger partial charge in [0.25, 0.3) is 0 Å². The highest BCUT2D eigenvalue weighted by atomic mass is 16.5. The fraction of sp³-hybridized carbons (Fsp3) is 0.333. The van der Waals surface area contributed by atoms with Crippen LogP contribution in [0.2, 0.25) is 0 Å². The molecule has 0 aliphatic rings. The molecule has 0 saturated carbocycles. The van der Waals surface area contributed by atoms with Gasteiger partial charge >= 0.3 is 5.97 Å². The molecule has 4 nitrogen and oxygen atoms in total. The molecule has 0 saturated heterocycles. The Morgan fingerprint density at radius 3 is 2.88 bits per heavy atom. The Morgan fingerprint density at radius 1 is 1.44 bits per heavy atom. The van der Waals surface area contributed by atoms with E-state index < -0.39 is 5.41 Å². The highest BCUT2D eigenvalue weighted by molar-refractivity contribution is 5.89. The van der Waals surface area contributed by atoms with E-state index in [4.69, 9.17) is 4.74 Å². The minimum absolute atomic E-state index is 0.256. The maximum atomic E-state index is 11.7. The first kappa shape index (κ1) is 10.7. The fourth-order valence-corrected chi connectivity index (χ4v) is 1.28. The minimum atomic E-state index is -0.509. The summed E-state index contributed by atoms with van der Waals surface area (Å²) in [5.74, 6) is 0.227. The molecule has 0 aliphatic heterocycles. The number of rotatable bonds is 1. The van der Waals surface area contributed by atoms with Gasteiger partial charge in [0.15, 0.2) is 0 Å². The summed E-state index contributed by atoms with van der Waals surface area (Å²) < 4.78 is 5.31. The van der Waals surface area contributed by atoms with Gasteiger partial charge in [0.2, 0.25) is 5.88 Å². The summed E-state index contributed by atoms with van der Waals surface area (Å²) in [6.07, 6.45) is 5.17. The molecule has 1 N–H and O–H groups in total. The molecule has 2 heterocycles. The zero-order valence-corrected chi connectivity index (χ0v) is 9.57. The number of ether oxygens (including phenoxy) is 1. The number of carbonyl (C=O) groups is 1. The van der Waals surface area contributed by atoms with Gasteiger partial charge in [-0.25, -0.2) is 0 Å². The highest BCUT2D eigenvalue weighted by Crippen LogP contribution is 2.26. The lowest BCUT2D eigenvalue weighted by molar-refractivity contribution is -0.143. The van der Waals surface area contributed by atoms with Gasteiger partial charge in [0.05, 0.1) is 5.41 Å². The average molecular weight is 218 g/mol. The van der Waals surface area contributed by atoms with Gasteiger partial charge in [-0.15, -0.1) is 0 Å². The maximum absolute atomic E-state index is 11.7. The Morgan fingerprint density at radius 2 is 2.19 bits per heavy atom. The maximum Gasteiger partial charge on any atom is 0.317 e. The topological polar surface area (TPSA) is 55.0 Å². The van der Waals surface area contributed by atoms with E-state index in [9.17, 15) is 4.79 Å². The van der Waals surface area contributed by atoms with Crippen molar-refractivity contribution >= 4 is 16.7 Å². The number of nitrogens with one attached hydrogen (secondary N) is 1. The molecule has 0 radical (unpaired) electrons. The van der Waals surface area contributed by atoms with Gasteiger partial charge in [-0.05, 0) is 26.8 Å². The Balaban J connectivity index is 2.32. The minimum Gasteiger partial charge on any atom is -0.408 e. The summed E-state index contributed by atoms with van der Waals surface area (Å²) in [4.78, 5) is 18.6. The van der Waals surface area contributed by atoms with E-state index in [1.807, 2.05) is 26.8 Å². The largest absolute Gasteiger partial charge is 0.408 e. The molecule has 0 fully saturated rings. The van der Waals surface area contributed by atoms with Gasteiger partial charge in [0.1, 0.15) is 0 Å². The third-order valence-corrected chi connectivity index (χ3v) is 2.26. The second-order valence-electron chi connectivity index (χ2n) is 4.72. The van der Waals surface area contributed by atoms with Crippen LogP contribution in [0.5, 0.6) is 5.88 Å². The predicted molar refractivity (Wildman–Crippen MR) is 61.2 cm³/mol. The lowest BCUT2D eigenvalue weighted by atomic mass is 9.97. The van der Waals surface area contributed by atoms with Gasteiger partial charge in [-0.3, -0.25) is 9.78 Å². The van der Waals surface area contributed by atoms with Crippen molar-refractivity contribution in [3.05, 3.63) is 24.7 Å². The molecule has 0 spiro atoms. The molecule has 2 rings (SSSR count). The summed E-state index contributed by atoms with van der Waals surface area (Å²) in [6, 6.07) is 1.82. The van der Waals surface area contributed by atoms with E-state index in [-0.39, 0.29) is 5.97 Å². The average Bonchev–Trinajstić information content (AvgIpc) is 2.61. The number of carbonyl (C=O) groups excluding carboxylic acids is 1. The Bertz CT molecular complexity index is 523. The fourth-order valence-electron chi connectivity index (χ4n) is 1.28. The molecule has 0 atom stereocenters. The number of aromatic nitrogens is 2. The molecular formula is C12H14N2O2. The van der Waals surface area contributed by atoms with Crippen molar-refractivity contribution in [1.82, 2.24) is 9.97 Å². The third-order valence-electron chi connectivity index (χ3n) is 2.26. The quantitative estimate of drug-likeness (QED) is 0.748. The van der Waals surface area contributed by atoms with Crippen LogP contribution >= 0.6 is 0 Å². The lowest BCUT2D eigenvalue weighted by Crippen LogP contribution is -2.25. The first-order valence-electron chi connectivity index (χ1n) is 5.12. The smallest absolute Gasteiger partial charge is 0.317 e.